The summed E-state index contributed by atoms with van der Waals surface area (Å²) in [5, 5.41) is 2.50. The van der Waals surface area contributed by atoms with Gasteiger partial charge >= 0.3 is 6.18 Å². The first-order valence-corrected chi connectivity index (χ1v) is 7.56. The molecule has 2 aromatic rings. The van der Waals surface area contributed by atoms with Crippen molar-refractivity contribution in [3.63, 3.8) is 0 Å². The van der Waals surface area contributed by atoms with Gasteiger partial charge in [0.2, 0.25) is 0 Å². The summed E-state index contributed by atoms with van der Waals surface area (Å²) in [6.45, 7) is 4.72. The van der Waals surface area contributed by atoms with Crippen LogP contribution >= 0.6 is 11.3 Å². The Morgan fingerprint density at radius 3 is 2.67 bits per heavy atom. The highest BCUT2D eigenvalue weighted by Crippen LogP contribution is 2.36. The van der Waals surface area contributed by atoms with Crippen LogP contribution in [-0.2, 0) is 6.18 Å². The third-order valence-electron chi connectivity index (χ3n) is 3.02. The fourth-order valence-electron chi connectivity index (χ4n) is 2.07. The Bertz CT molecular complexity index is 593. The number of aryl methyl sites for hydroxylation is 1. The van der Waals surface area contributed by atoms with E-state index in [0.717, 1.165) is 24.1 Å². The highest BCUT2D eigenvalue weighted by atomic mass is 32.1. The zero-order valence-electron chi connectivity index (χ0n) is 11.9. The van der Waals surface area contributed by atoms with E-state index >= 15 is 0 Å². The molecule has 2 nitrogen and oxygen atoms in total. The first kappa shape index (κ1) is 16.0. The second-order valence-electron chi connectivity index (χ2n) is 4.87. The molecule has 0 aliphatic heterocycles. The summed E-state index contributed by atoms with van der Waals surface area (Å²) in [6, 6.07) is 7.54. The van der Waals surface area contributed by atoms with Gasteiger partial charge in [-0.3, -0.25) is 0 Å². The molecule has 1 N–H and O–H groups in total. The average molecular weight is 314 g/mol. The Morgan fingerprint density at radius 2 is 2.10 bits per heavy atom. The molecule has 1 heterocycles. The van der Waals surface area contributed by atoms with Crippen LogP contribution in [0.3, 0.4) is 0 Å². The number of nitrogens with zero attached hydrogens (tertiary/aromatic N) is 1. The number of nitrogens with one attached hydrogen (secondary N) is 1. The predicted molar refractivity (Wildman–Crippen MR) is 78.4 cm³/mol. The lowest BCUT2D eigenvalue weighted by Gasteiger charge is -2.17. The van der Waals surface area contributed by atoms with Crippen LogP contribution in [0, 0.1) is 6.92 Å². The maximum atomic E-state index is 12.7. The highest BCUT2D eigenvalue weighted by molar-refractivity contribution is 7.11. The smallest absolute Gasteiger partial charge is 0.306 e. The molecule has 0 aliphatic rings. The van der Waals surface area contributed by atoms with Gasteiger partial charge < -0.3 is 5.32 Å². The SMILES string of the molecule is CCCNC(c1cccc(C)c1)c1cnc(C(F)(F)F)s1. The van der Waals surface area contributed by atoms with Crippen LogP contribution in [0.25, 0.3) is 0 Å². The number of benzene rings is 1. The van der Waals surface area contributed by atoms with Crippen molar-refractivity contribution in [2.24, 2.45) is 0 Å². The van der Waals surface area contributed by atoms with E-state index < -0.39 is 11.2 Å². The number of thiazole rings is 1. The van der Waals surface area contributed by atoms with Crippen molar-refractivity contribution in [2.75, 3.05) is 6.54 Å². The van der Waals surface area contributed by atoms with Gasteiger partial charge in [0.25, 0.3) is 0 Å². The van der Waals surface area contributed by atoms with E-state index in [0.29, 0.717) is 16.2 Å². The summed E-state index contributed by atoms with van der Waals surface area (Å²) >= 11 is 0.700. The van der Waals surface area contributed by atoms with E-state index in [2.05, 4.69) is 10.3 Å². The molecule has 1 aromatic heterocycles. The Morgan fingerprint density at radius 1 is 1.33 bits per heavy atom. The van der Waals surface area contributed by atoms with Gasteiger partial charge in [-0.05, 0) is 25.5 Å². The first-order chi connectivity index (χ1) is 9.91. The molecule has 0 saturated heterocycles. The summed E-state index contributed by atoms with van der Waals surface area (Å²) in [6.07, 6.45) is -2.15. The van der Waals surface area contributed by atoms with Crippen molar-refractivity contribution in [1.82, 2.24) is 10.3 Å². The Labute approximate surface area is 126 Å². The summed E-state index contributed by atoms with van der Waals surface area (Å²) < 4.78 is 38.1. The van der Waals surface area contributed by atoms with Crippen molar-refractivity contribution in [3.8, 4) is 0 Å². The Hall–Kier alpha value is -1.40. The molecule has 1 aromatic carbocycles. The average Bonchev–Trinajstić information content (AvgIpc) is 2.89. The van der Waals surface area contributed by atoms with Crippen LogP contribution in [0.5, 0.6) is 0 Å². The van der Waals surface area contributed by atoms with Gasteiger partial charge in [-0.1, -0.05) is 36.8 Å². The van der Waals surface area contributed by atoms with Gasteiger partial charge in [-0.25, -0.2) is 4.98 Å². The molecule has 0 amide bonds. The van der Waals surface area contributed by atoms with Crippen LogP contribution in [0.15, 0.2) is 30.5 Å². The molecule has 0 bridgehead atoms. The lowest BCUT2D eigenvalue weighted by molar-refractivity contribution is -0.137. The van der Waals surface area contributed by atoms with Crippen molar-refractivity contribution in [3.05, 3.63) is 51.5 Å². The largest absolute Gasteiger partial charge is 0.443 e. The monoisotopic (exact) mass is 314 g/mol. The van der Waals surface area contributed by atoms with Gasteiger partial charge in [0, 0.05) is 11.1 Å². The quantitative estimate of drug-likeness (QED) is 0.875. The van der Waals surface area contributed by atoms with Crippen LogP contribution < -0.4 is 5.32 Å². The number of halogens is 3. The fraction of sp³-hybridized carbons (Fsp3) is 0.400. The van der Waals surface area contributed by atoms with Gasteiger partial charge in [0.15, 0.2) is 5.01 Å². The van der Waals surface area contributed by atoms with Crippen molar-refractivity contribution >= 4 is 11.3 Å². The second-order valence-corrected chi connectivity index (χ2v) is 5.93. The van der Waals surface area contributed by atoms with E-state index in [1.54, 1.807) is 0 Å². The molecule has 1 atom stereocenters. The fourth-order valence-corrected chi connectivity index (χ4v) is 2.96. The maximum absolute atomic E-state index is 12.7. The Balaban J connectivity index is 2.34. The van der Waals surface area contributed by atoms with E-state index in [1.165, 1.54) is 6.20 Å². The van der Waals surface area contributed by atoms with E-state index in [1.807, 2.05) is 38.1 Å². The van der Waals surface area contributed by atoms with Crippen LogP contribution in [0.1, 0.15) is 40.4 Å². The van der Waals surface area contributed by atoms with Gasteiger partial charge in [-0.15, -0.1) is 11.3 Å². The standard InChI is InChI=1S/C15H17F3N2S/c1-3-7-19-13(11-6-4-5-10(2)8-11)12-9-20-14(21-12)15(16,17)18/h4-6,8-9,13,19H,3,7H2,1-2H3. The van der Waals surface area contributed by atoms with Crippen molar-refractivity contribution < 1.29 is 13.2 Å². The summed E-state index contributed by atoms with van der Waals surface area (Å²) in [7, 11) is 0. The molecule has 1 unspecified atom stereocenters. The topological polar surface area (TPSA) is 24.9 Å². The number of alkyl halides is 3. The molecule has 0 fully saturated rings. The highest BCUT2D eigenvalue weighted by Gasteiger charge is 2.35. The minimum Gasteiger partial charge on any atom is -0.306 e. The summed E-state index contributed by atoms with van der Waals surface area (Å²) in [4.78, 5) is 4.10. The van der Waals surface area contributed by atoms with E-state index in [4.69, 9.17) is 0 Å². The predicted octanol–water partition coefficient (Wildman–Crippen LogP) is 4.56. The lowest BCUT2D eigenvalue weighted by atomic mass is 10.0. The summed E-state index contributed by atoms with van der Waals surface area (Å²) in [5.41, 5.74) is 2.04. The summed E-state index contributed by atoms with van der Waals surface area (Å²) in [5.74, 6) is 0. The lowest BCUT2D eigenvalue weighted by Crippen LogP contribution is -2.22. The third-order valence-corrected chi connectivity index (χ3v) is 4.13. The third kappa shape index (κ3) is 4.04. The zero-order valence-corrected chi connectivity index (χ0v) is 12.7. The molecular weight excluding hydrogens is 297 g/mol. The van der Waals surface area contributed by atoms with Gasteiger partial charge in [0.1, 0.15) is 0 Å². The number of rotatable bonds is 5. The van der Waals surface area contributed by atoms with Gasteiger partial charge in [-0.2, -0.15) is 13.2 Å². The molecule has 6 heteroatoms. The number of hydrogen-bond acceptors (Lipinski definition) is 3. The molecule has 0 aliphatic carbocycles. The van der Waals surface area contributed by atoms with E-state index in [-0.39, 0.29) is 6.04 Å². The molecular formula is C15H17F3N2S. The molecule has 2 rings (SSSR count). The zero-order chi connectivity index (χ0) is 15.5. The molecule has 21 heavy (non-hydrogen) atoms. The van der Waals surface area contributed by atoms with Crippen LogP contribution in [-0.4, -0.2) is 11.5 Å². The first-order valence-electron chi connectivity index (χ1n) is 6.74. The maximum Gasteiger partial charge on any atom is 0.443 e. The number of aromatic nitrogens is 1. The van der Waals surface area contributed by atoms with Crippen LogP contribution in [0.2, 0.25) is 0 Å². The Kier molecular flexibility index (Phi) is 5.00. The van der Waals surface area contributed by atoms with Crippen molar-refractivity contribution in [1.29, 1.82) is 0 Å². The minimum atomic E-state index is -4.38. The van der Waals surface area contributed by atoms with E-state index in [9.17, 15) is 13.2 Å². The molecule has 0 spiro atoms. The van der Waals surface area contributed by atoms with Crippen LogP contribution in [0.4, 0.5) is 13.2 Å². The van der Waals surface area contributed by atoms with Gasteiger partial charge in [0.05, 0.1) is 6.04 Å². The normalized spacial score (nSPS) is 13.4. The second kappa shape index (κ2) is 6.58. The minimum absolute atomic E-state index is 0.251. The molecule has 0 saturated carbocycles. The molecule has 0 radical (unpaired) electrons. The molecule has 114 valence electrons. The van der Waals surface area contributed by atoms with Crippen molar-refractivity contribution in [2.45, 2.75) is 32.5 Å². The number of hydrogen-bond donors (Lipinski definition) is 1.